The Hall–Kier alpha value is -6.26. The number of benzene rings is 1. The number of nitrogens with one attached hydrogen (secondary N) is 1. The van der Waals surface area contributed by atoms with E-state index < -0.39 is 102 Å². The number of esters is 8. The predicted octanol–water partition coefficient (Wildman–Crippen LogP) is 1.48. The summed E-state index contributed by atoms with van der Waals surface area (Å²) in [6.07, 6.45) is -9.06. The lowest BCUT2D eigenvalue weighted by Gasteiger charge is -2.24. The second kappa shape index (κ2) is 21.7. The molecule has 8 unspecified atom stereocenters. The Morgan fingerprint density at radius 1 is 0.567 bits per heavy atom. The maximum Gasteiger partial charge on any atom is 0.347 e. The molecular formula is C37H44BrN5O17. The van der Waals surface area contributed by atoms with E-state index in [1.807, 2.05) is 0 Å². The SMILES string of the molecule is CC(=O)OC(C)C(=O)OC(C)C(=O)OC(C)C(=O)OC(C)C(=O)OC(C)C(=O)OC(C)C(=O)OC(C)C(=O)OC(C)C(=O)N1CCN=C1Nc1ccc2nccnc2c1Br. The summed E-state index contributed by atoms with van der Waals surface area (Å²) in [5.41, 5.74) is 1.78. The van der Waals surface area contributed by atoms with Crippen LogP contribution in [-0.4, -0.2) is 136 Å². The lowest BCUT2D eigenvalue weighted by molar-refractivity contribution is -0.189. The molecule has 0 radical (unpaired) electrons. The number of hydrogen-bond acceptors (Lipinski definition) is 21. The number of aromatic nitrogens is 2. The molecule has 0 aliphatic carbocycles. The largest absolute Gasteiger partial charge is 0.451 e. The van der Waals surface area contributed by atoms with Gasteiger partial charge in [0.25, 0.3) is 5.91 Å². The fourth-order valence-corrected chi connectivity index (χ4v) is 5.27. The summed E-state index contributed by atoms with van der Waals surface area (Å²) in [6.45, 7) is 10.8. The van der Waals surface area contributed by atoms with Crippen molar-refractivity contribution in [1.29, 1.82) is 0 Å². The van der Waals surface area contributed by atoms with E-state index in [4.69, 9.17) is 33.2 Å². The zero-order chi connectivity index (χ0) is 45.0. The fraction of sp³-hybridized carbons (Fsp3) is 0.514. The minimum absolute atomic E-state index is 0.193. The number of anilines is 1. The normalized spacial score (nSPS) is 16.2. The zero-order valence-corrected chi connectivity index (χ0v) is 35.5. The molecule has 60 heavy (non-hydrogen) atoms. The maximum atomic E-state index is 13.3. The van der Waals surface area contributed by atoms with E-state index in [2.05, 4.69) is 40.9 Å². The van der Waals surface area contributed by atoms with E-state index in [-0.39, 0.29) is 19.0 Å². The summed E-state index contributed by atoms with van der Waals surface area (Å²) in [5.74, 6) is -9.26. The number of amides is 1. The van der Waals surface area contributed by atoms with E-state index in [0.29, 0.717) is 21.2 Å². The first kappa shape index (κ1) is 48.1. The van der Waals surface area contributed by atoms with E-state index in [1.165, 1.54) is 31.9 Å². The number of nitrogens with zero attached hydrogens (tertiary/aromatic N) is 4. The number of guanidine groups is 1. The standard InChI is InChI=1S/C37H44BrN5O17/c1-16(29(45)43-15-14-41-37(43)42-25-10-11-26-28(27(25)38)40-13-12-39-26)54-31(47)18(3)56-33(49)20(5)58-35(51)22(7)60-36(52)23(8)59-34(50)21(6)57-32(48)19(4)55-30(46)17(2)53-24(9)44/h10-13,16-23H,14-15H2,1-9H3,(H,41,42). The van der Waals surface area contributed by atoms with Gasteiger partial charge in [-0.05, 0) is 83.5 Å². The summed E-state index contributed by atoms with van der Waals surface area (Å²) < 4.78 is 40.2. The summed E-state index contributed by atoms with van der Waals surface area (Å²) in [7, 11) is 0. The van der Waals surface area contributed by atoms with Crippen LogP contribution in [0.3, 0.4) is 0 Å². The molecule has 2 aromatic rings. The van der Waals surface area contributed by atoms with Gasteiger partial charge in [0, 0.05) is 25.9 Å². The molecule has 0 fully saturated rings. The minimum Gasteiger partial charge on any atom is -0.451 e. The molecule has 0 saturated heterocycles. The van der Waals surface area contributed by atoms with Gasteiger partial charge in [0.2, 0.25) is 5.96 Å². The van der Waals surface area contributed by atoms with E-state index in [0.717, 1.165) is 41.5 Å². The number of fused-ring (bicyclic) bond motifs is 1. The minimum atomic E-state index is -1.63. The van der Waals surface area contributed by atoms with Crippen LogP contribution >= 0.6 is 15.9 Å². The van der Waals surface area contributed by atoms with Crippen molar-refractivity contribution in [1.82, 2.24) is 14.9 Å². The predicted molar refractivity (Wildman–Crippen MR) is 205 cm³/mol. The maximum absolute atomic E-state index is 13.3. The number of rotatable bonds is 17. The van der Waals surface area contributed by atoms with E-state index in [1.54, 1.807) is 18.3 Å². The van der Waals surface area contributed by atoms with Crippen LogP contribution in [0.1, 0.15) is 62.3 Å². The molecule has 0 bridgehead atoms. The summed E-state index contributed by atoms with van der Waals surface area (Å²) >= 11 is 3.49. The molecule has 2 heterocycles. The molecular weight excluding hydrogens is 866 g/mol. The Morgan fingerprint density at radius 3 is 1.33 bits per heavy atom. The van der Waals surface area contributed by atoms with Crippen molar-refractivity contribution >= 4 is 92.3 Å². The van der Waals surface area contributed by atoms with Crippen molar-refractivity contribution in [3.63, 3.8) is 0 Å². The van der Waals surface area contributed by atoms with Gasteiger partial charge in [0.05, 0.1) is 22.2 Å². The van der Waals surface area contributed by atoms with Gasteiger partial charge < -0.3 is 43.2 Å². The third-order valence-electron chi connectivity index (χ3n) is 8.00. The fourth-order valence-electron chi connectivity index (χ4n) is 4.73. The molecule has 23 heteroatoms. The van der Waals surface area contributed by atoms with Crippen molar-refractivity contribution in [2.45, 2.75) is 111 Å². The summed E-state index contributed by atoms with van der Waals surface area (Å²) in [4.78, 5) is 126. The van der Waals surface area contributed by atoms with Crippen LogP contribution in [0.5, 0.6) is 0 Å². The van der Waals surface area contributed by atoms with Crippen molar-refractivity contribution in [3.8, 4) is 0 Å². The Labute approximate surface area is 351 Å². The van der Waals surface area contributed by atoms with E-state index in [9.17, 15) is 43.2 Å². The average Bonchev–Trinajstić information content (AvgIpc) is 3.65. The quantitative estimate of drug-likeness (QED) is 0.174. The number of halogens is 1. The van der Waals surface area contributed by atoms with Crippen molar-refractivity contribution in [2.24, 2.45) is 4.99 Å². The molecule has 0 spiro atoms. The highest BCUT2D eigenvalue weighted by Gasteiger charge is 2.35. The Kier molecular flexibility index (Phi) is 17.4. The van der Waals surface area contributed by atoms with Gasteiger partial charge in [-0.1, -0.05) is 0 Å². The van der Waals surface area contributed by atoms with Crippen LogP contribution in [0.25, 0.3) is 11.0 Å². The first-order valence-corrected chi connectivity index (χ1v) is 19.0. The molecule has 1 aliphatic rings. The summed E-state index contributed by atoms with van der Waals surface area (Å²) in [6, 6.07) is 3.47. The topological polar surface area (TPSA) is 281 Å². The van der Waals surface area contributed by atoms with Gasteiger partial charge in [-0.25, -0.2) is 33.6 Å². The number of hydrogen-bond donors (Lipinski definition) is 1. The summed E-state index contributed by atoms with van der Waals surface area (Å²) in [5, 5.41) is 3.08. The second-order valence-corrected chi connectivity index (χ2v) is 13.8. The van der Waals surface area contributed by atoms with Crippen LogP contribution in [0.4, 0.5) is 5.69 Å². The molecule has 326 valence electrons. The molecule has 22 nitrogen and oxygen atoms in total. The molecule has 0 saturated carbocycles. The highest BCUT2D eigenvalue weighted by molar-refractivity contribution is 9.10. The molecule has 1 amide bonds. The van der Waals surface area contributed by atoms with Crippen LogP contribution in [0, 0.1) is 0 Å². The lowest BCUT2D eigenvalue weighted by atomic mass is 10.2. The van der Waals surface area contributed by atoms with Crippen LogP contribution < -0.4 is 5.32 Å². The van der Waals surface area contributed by atoms with Gasteiger partial charge in [0.15, 0.2) is 48.8 Å². The third kappa shape index (κ3) is 13.4. The highest BCUT2D eigenvalue weighted by atomic mass is 79.9. The first-order valence-electron chi connectivity index (χ1n) is 18.2. The molecule has 3 rings (SSSR count). The van der Waals surface area contributed by atoms with Crippen molar-refractivity contribution in [2.75, 3.05) is 18.4 Å². The highest BCUT2D eigenvalue weighted by Crippen LogP contribution is 2.29. The third-order valence-corrected chi connectivity index (χ3v) is 8.80. The molecule has 1 N–H and O–H groups in total. The van der Waals surface area contributed by atoms with Gasteiger partial charge in [-0.15, -0.1) is 0 Å². The van der Waals surface area contributed by atoms with Gasteiger partial charge in [-0.3, -0.25) is 29.4 Å². The van der Waals surface area contributed by atoms with Crippen LogP contribution in [0.2, 0.25) is 0 Å². The molecule has 1 aromatic carbocycles. The average molecular weight is 911 g/mol. The Balaban J connectivity index is 1.42. The lowest BCUT2D eigenvalue weighted by Crippen LogP contribution is -2.45. The number of aliphatic imine (C=N–C) groups is 1. The van der Waals surface area contributed by atoms with Crippen LogP contribution in [-0.2, 0) is 81.0 Å². The Bertz CT molecular complexity index is 2030. The first-order chi connectivity index (χ1) is 28.1. The van der Waals surface area contributed by atoms with Crippen molar-refractivity contribution in [3.05, 3.63) is 29.0 Å². The van der Waals surface area contributed by atoms with Gasteiger partial charge >= 0.3 is 47.8 Å². The Morgan fingerprint density at radius 2 is 0.933 bits per heavy atom. The van der Waals surface area contributed by atoms with Gasteiger partial charge in [0.1, 0.15) is 5.52 Å². The number of carbonyl (C=O) groups is 9. The van der Waals surface area contributed by atoms with Crippen LogP contribution in [0.15, 0.2) is 34.0 Å². The molecule has 1 aromatic heterocycles. The molecule has 8 atom stereocenters. The smallest absolute Gasteiger partial charge is 0.347 e. The second-order valence-electron chi connectivity index (χ2n) is 13.0. The van der Waals surface area contributed by atoms with Gasteiger partial charge in [-0.2, -0.15) is 0 Å². The van der Waals surface area contributed by atoms with Crippen molar-refractivity contribution < 1.29 is 81.0 Å². The molecule has 1 aliphatic heterocycles. The number of ether oxygens (including phenoxy) is 8. The zero-order valence-electron chi connectivity index (χ0n) is 33.9. The van der Waals surface area contributed by atoms with E-state index >= 15 is 0 Å². The number of carbonyl (C=O) groups excluding carboxylic acids is 9. The monoisotopic (exact) mass is 909 g/mol.